The van der Waals surface area contributed by atoms with Crippen LogP contribution in [0, 0.1) is 13.8 Å². The fourth-order valence-corrected chi connectivity index (χ4v) is 4.62. The van der Waals surface area contributed by atoms with Crippen LogP contribution >= 0.6 is 23.1 Å². The van der Waals surface area contributed by atoms with E-state index in [4.69, 9.17) is 4.98 Å². The zero-order valence-corrected chi connectivity index (χ0v) is 11.9. The monoisotopic (exact) mass is 256 g/mol. The van der Waals surface area contributed by atoms with E-state index in [-0.39, 0.29) is 5.54 Å². The summed E-state index contributed by atoms with van der Waals surface area (Å²) in [7, 11) is 0. The summed E-state index contributed by atoms with van der Waals surface area (Å²) in [6.07, 6.45) is 2.54. The third kappa shape index (κ3) is 2.29. The van der Waals surface area contributed by atoms with E-state index in [1.54, 1.807) is 0 Å². The molecule has 2 nitrogen and oxygen atoms in total. The minimum absolute atomic E-state index is 0.154. The molecule has 1 N–H and O–H groups in total. The highest BCUT2D eigenvalue weighted by Crippen LogP contribution is 2.38. The standard InChI is InChI=1S/C12H20N2S2/c1-4-13-12(6-5-7-15-8-12)11-14-9(2)10(3)16-11/h13H,4-8H2,1-3H3. The lowest BCUT2D eigenvalue weighted by Gasteiger charge is -2.35. The first kappa shape index (κ1) is 12.4. The minimum atomic E-state index is 0.154. The van der Waals surface area contributed by atoms with Crippen LogP contribution in [0.5, 0.6) is 0 Å². The normalized spacial score (nSPS) is 25.9. The highest BCUT2D eigenvalue weighted by Gasteiger charge is 2.36. The third-order valence-corrected chi connectivity index (χ3v) is 5.75. The fourth-order valence-electron chi connectivity index (χ4n) is 2.19. The molecule has 0 bridgehead atoms. The fraction of sp³-hybridized carbons (Fsp3) is 0.750. The van der Waals surface area contributed by atoms with Crippen LogP contribution in [0.2, 0.25) is 0 Å². The molecule has 1 fully saturated rings. The van der Waals surface area contributed by atoms with E-state index < -0.39 is 0 Å². The van der Waals surface area contributed by atoms with Gasteiger partial charge in [0.1, 0.15) is 5.01 Å². The van der Waals surface area contributed by atoms with Crippen molar-refractivity contribution in [2.24, 2.45) is 0 Å². The van der Waals surface area contributed by atoms with Crippen molar-refractivity contribution in [2.45, 2.75) is 39.2 Å². The van der Waals surface area contributed by atoms with Crippen LogP contribution in [-0.2, 0) is 5.54 Å². The molecule has 1 aliphatic rings. The molecule has 1 atom stereocenters. The lowest BCUT2D eigenvalue weighted by Crippen LogP contribution is -2.46. The van der Waals surface area contributed by atoms with Gasteiger partial charge in [0, 0.05) is 10.6 Å². The summed E-state index contributed by atoms with van der Waals surface area (Å²) in [5.41, 5.74) is 1.36. The van der Waals surface area contributed by atoms with E-state index in [9.17, 15) is 0 Å². The van der Waals surface area contributed by atoms with Crippen LogP contribution in [0.3, 0.4) is 0 Å². The molecule has 2 heterocycles. The summed E-state index contributed by atoms with van der Waals surface area (Å²) in [5, 5.41) is 4.98. The quantitative estimate of drug-likeness (QED) is 0.899. The topological polar surface area (TPSA) is 24.9 Å². The molecule has 0 saturated carbocycles. The molecule has 1 unspecified atom stereocenters. The number of aryl methyl sites for hydroxylation is 2. The van der Waals surface area contributed by atoms with Crippen molar-refractivity contribution < 1.29 is 0 Å². The van der Waals surface area contributed by atoms with E-state index in [2.05, 4.69) is 37.8 Å². The Kier molecular flexibility index (Phi) is 3.93. The van der Waals surface area contributed by atoms with Crippen molar-refractivity contribution in [3.63, 3.8) is 0 Å². The van der Waals surface area contributed by atoms with Gasteiger partial charge in [-0.25, -0.2) is 4.98 Å². The molecule has 0 radical (unpaired) electrons. The number of hydrogen-bond acceptors (Lipinski definition) is 4. The largest absolute Gasteiger partial charge is 0.305 e. The number of nitrogens with zero attached hydrogens (tertiary/aromatic N) is 1. The highest BCUT2D eigenvalue weighted by atomic mass is 32.2. The first-order valence-electron chi connectivity index (χ1n) is 5.95. The van der Waals surface area contributed by atoms with Gasteiger partial charge >= 0.3 is 0 Å². The summed E-state index contributed by atoms with van der Waals surface area (Å²) in [6.45, 7) is 7.50. The molecule has 1 aromatic heterocycles. The van der Waals surface area contributed by atoms with Gasteiger partial charge < -0.3 is 5.32 Å². The predicted octanol–water partition coefficient (Wildman–Crippen LogP) is 3.09. The Labute approximate surface area is 106 Å². The number of thioether (sulfide) groups is 1. The van der Waals surface area contributed by atoms with Gasteiger partial charge in [-0.3, -0.25) is 0 Å². The van der Waals surface area contributed by atoms with Gasteiger partial charge in [-0.05, 0) is 39.0 Å². The average molecular weight is 256 g/mol. The molecule has 0 amide bonds. The Hall–Kier alpha value is -0.0600. The van der Waals surface area contributed by atoms with E-state index in [0.29, 0.717) is 0 Å². The van der Waals surface area contributed by atoms with E-state index >= 15 is 0 Å². The predicted molar refractivity (Wildman–Crippen MR) is 73.5 cm³/mol. The second-order valence-electron chi connectivity index (χ2n) is 4.43. The van der Waals surface area contributed by atoms with Gasteiger partial charge in [-0.1, -0.05) is 6.92 Å². The molecule has 16 heavy (non-hydrogen) atoms. The van der Waals surface area contributed by atoms with Gasteiger partial charge in [0.05, 0.1) is 11.2 Å². The molecule has 2 rings (SSSR count). The van der Waals surface area contributed by atoms with Crippen LogP contribution in [0.1, 0.15) is 35.3 Å². The van der Waals surface area contributed by atoms with Gasteiger partial charge in [0.2, 0.25) is 0 Å². The Morgan fingerprint density at radius 2 is 2.25 bits per heavy atom. The van der Waals surface area contributed by atoms with Gasteiger partial charge in [0.25, 0.3) is 0 Å². The molecule has 0 aromatic carbocycles. The zero-order chi connectivity index (χ0) is 11.6. The van der Waals surface area contributed by atoms with Crippen LogP contribution in [0.25, 0.3) is 0 Å². The number of rotatable bonds is 3. The maximum Gasteiger partial charge on any atom is 0.114 e. The van der Waals surface area contributed by atoms with Crippen LogP contribution in [0.4, 0.5) is 0 Å². The second-order valence-corrected chi connectivity index (χ2v) is 6.74. The van der Waals surface area contributed by atoms with Crippen LogP contribution in [0.15, 0.2) is 0 Å². The molecule has 1 aliphatic heterocycles. The number of thiazole rings is 1. The SMILES string of the molecule is CCNC1(c2nc(C)c(C)s2)CCCSC1. The summed E-state index contributed by atoms with van der Waals surface area (Å²) in [5.74, 6) is 2.48. The van der Waals surface area contributed by atoms with Crippen molar-refractivity contribution in [1.82, 2.24) is 10.3 Å². The number of hydrogen-bond donors (Lipinski definition) is 1. The smallest absolute Gasteiger partial charge is 0.114 e. The van der Waals surface area contributed by atoms with Crippen molar-refractivity contribution in [2.75, 3.05) is 18.1 Å². The van der Waals surface area contributed by atoms with Crippen molar-refractivity contribution in [1.29, 1.82) is 0 Å². The van der Waals surface area contributed by atoms with E-state index in [1.165, 1.54) is 39.9 Å². The number of aromatic nitrogens is 1. The average Bonchev–Trinajstić information content (AvgIpc) is 2.62. The molecule has 1 saturated heterocycles. The van der Waals surface area contributed by atoms with Crippen LogP contribution < -0.4 is 5.32 Å². The molecular formula is C12H20N2S2. The third-order valence-electron chi connectivity index (χ3n) is 3.19. The summed E-state index contributed by atoms with van der Waals surface area (Å²) < 4.78 is 0. The second kappa shape index (κ2) is 5.07. The summed E-state index contributed by atoms with van der Waals surface area (Å²) in [4.78, 5) is 6.13. The first-order valence-corrected chi connectivity index (χ1v) is 7.92. The van der Waals surface area contributed by atoms with Crippen molar-refractivity contribution >= 4 is 23.1 Å². The molecular weight excluding hydrogens is 236 g/mol. The molecule has 4 heteroatoms. The maximum absolute atomic E-state index is 4.77. The van der Waals surface area contributed by atoms with Crippen molar-refractivity contribution in [3.8, 4) is 0 Å². The summed E-state index contributed by atoms with van der Waals surface area (Å²) in [6, 6.07) is 0. The van der Waals surface area contributed by atoms with E-state index in [1.807, 2.05) is 11.3 Å². The maximum atomic E-state index is 4.77. The number of nitrogens with one attached hydrogen (secondary N) is 1. The van der Waals surface area contributed by atoms with Gasteiger partial charge in [-0.15, -0.1) is 11.3 Å². The Bertz CT molecular complexity index is 329. The molecule has 0 aliphatic carbocycles. The molecule has 90 valence electrons. The first-order chi connectivity index (χ1) is 7.68. The zero-order valence-electron chi connectivity index (χ0n) is 10.3. The lowest BCUT2D eigenvalue weighted by molar-refractivity contribution is 0.344. The Morgan fingerprint density at radius 3 is 2.75 bits per heavy atom. The van der Waals surface area contributed by atoms with Gasteiger partial charge in [-0.2, -0.15) is 11.8 Å². The van der Waals surface area contributed by atoms with Gasteiger partial charge in [0.15, 0.2) is 0 Å². The Morgan fingerprint density at radius 1 is 1.44 bits per heavy atom. The molecule has 1 aromatic rings. The van der Waals surface area contributed by atoms with Crippen LogP contribution in [-0.4, -0.2) is 23.0 Å². The lowest BCUT2D eigenvalue weighted by atomic mass is 9.96. The highest BCUT2D eigenvalue weighted by molar-refractivity contribution is 7.99. The minimum Gasteiger partial charge on any atom is -0.305 e. The Balaban J connectivity index is 2.30. The van der Waals surface area contributed by atoms with E-state index in [0.717, 1.165) is 6.54 Å². The summed E-state index contributed by atoms with van der Waals surface area (Å²) >= 11 is 3.93. The molecule has 0 spiro atoms. The van der Waals surface area contributed by atoms with Crippen molar-refractivity contribution in [3.05, 3.63) is 15.6 Å².